The highest BCUT2D eigenvalue weighted by atomic mass is 16.5. The smallest absolute Gasteiger partial charge is 0.248 e. The van der Waals surface area contributed by atoms with Crippen LogP contribution in [0.4, 0.5) is 5.69 Å². The van der Waals surface area contributed by atoms with E-state index in [1.54, 1.807) is 12.1 Å². The highest BCUT2D eigenvalue weighted by Gasteiger charge is 2.47. The van der Waals surface area contributed by atoms with Crippen molar-refractivity contribution in [3.05, 3.63) is 70.9 Å². The normalized spacial score (nSPS) is 22.6. The summed E-state index contributed by atoms with van der Waals surface area (Å²) in [6, 6.07) is 15.3. The Morgan fingerprint density at radius 3 is 2.64 bits per heavy atom. The predicted octanol–water partition coefficient (Wildman–Crippen LogP) is 2.74. The van der Waals surface area contributed by atoms with Gasteiger partial charge in [0.1, 0.15) is 6.54 Å². The summed E-state index contributed by atoms with van der Waals surface area (Å²) in [5, 5.41) is 11.6. The van der Waals surface area contributed by atoms with E-state index in [9.17, 15) is 10.0 Å². The number of carbonyl (C=O) groups excluding carboxylic acids is 1. The molecular weight excluding hydrogens is 314 g/mol. The number of rotatable bonds is 3. The van der Waals surface area contributed by atoms with Gasteiger partial charge in [-0.2, -0.15) is 0 Å². The van der Waals surface area contributed by atoms with Crippen LogP contribution in [0.3, 0.4) is 0 Å². The minimum absolute atomic E-state index is 0.171. The van der Waals surface area contributed by atoms with E-state index in [2.05, 4.69) is 18.0 Å². The molecule has 0 saturated carbocycles. The maximum atomic E-state index is 11.6. The van der Waals surface area contributed by atoms with Gasteiger partial charge in [-0.05, 0) is 25.2 Å². The summed E-state index contributed by atoms with van der Waals surface area (Å²) < 4.78 is -0.171. The summed E-state index contributed by atoms with van der Waals surface area (Å²) in [5.74, 6) is -0.439. The second-order valence-electron chi connectivity index (χ2n) is 6.92. The van der Waals surface area contributed by atoms with E-state index in [1.165, 1.54) is 5.57 Å². The molecule has 2 aromatic rings. The van der Waals surface area contributed by atoms with Gasteiger partial charge < -0.3 is 10.6 Å². The zero-order valence-corrected chi connectivity index (χ0v) is 14.3. The first-order valence-electron chi connectivity index (χ1n) is 8.50. The molecule has 0 aliphatic carbocycles. The van der Waals surface area contributed by atoms with Crippen molar-refractivity contribution in [2.45, 2.75) is 13.0 Å². The second kappa shape index (κ2) is 5.81. The lowest BCUT2D eigenvalue weighted by atomic mass is 10.0. The van der Waals surface area contributed by atoms with Crippen molar-refractivity contribution >= 4 is 17.2 Å². The summed E-state index contributed by atoms with van der Waals surface area (Å²) in [6.45, 7) is 2.24. The Bertz CT molecular complexity index is 873. The van der Waals surface area contributed by atoms with E-state index < -0.39 is 5.91 Å². The number of likely N-dealkylation sites (N-methyl/N-ethyl adjacent to an activating group) is 1. The molecule has 25 heavy (non-hydrogen) atoms. The van der Waals surface area contributed by atoms with Gasteiger partial charge >= 0.3 is 0 Å². The Labute approximate surface area is 147 Å². The SMILES string of the molecule is CN1CCC2=C(C1)c1ccccc1[N+]2(O)Cc1ccc(C(N)=O)cc1. The molecule has 0 aromatic heterocycles. The van der Waals surface area contributed by atoms with Crippen LogP contribution in [0.5, 0.6) is 0 Å². The fourth-order valence-electron chi connectivity index (χ4n) is 3.95. The molecule has 5 nitrogen and oxygen atoms in total. The third-order valence-corrected chi connectivity index (χ3v) is 5.23. The zero-order chi connectivity index (χ0) is 17.6. The van der Waals surface area contributed by atoms with Crippen molar-refractivity contribution in [1.82, 2.24) is 9.55 Å². The number of carbonyl (C=O) groups is 1. The van der Waals surface area contributed by atoms with Crippen LogP contribution in [0.2, 0.25) is 0 Å². The van der Waals surface area contributed by atoms with Gasteiger partial charge in [-0.3, -0.25) is 4.79 Å². The molecule has 2 aliphatic rings. The van der Waals surface area contributed by atoms with Gasteiger partial charge in [-0.1, -0.05) is 24.3 Å². The van der Waals surface area contributed by atoms with Gasteiger partial charge in [0.2, 0.25) is 5.91 Å². The largest absolute Gasteiger partial charge is 0.366 e. The standard InChI is InChI=1S/C20H21N3O2/c1-22-11-10-19-17(12-22)16-4-2-3-5-18(16)23(19,25)13-14-6-8-15(9-7-14)20(21)24/h2-9,25H,10-13H2,1H3,(H-,21,24)/p+1. The van der Waals surface area contributed by atoms with Gasteiger partial charge in [0.15, 0.2) is 11.4 Å². The van der Waals surface area contributed by atoms with E-state index in [1.807, 2.05) is 30.3 Å². The van der Waals surface area contributed by atoms with E-state index >= 15 is 0 Å². The van der Waals surface area contributed by atoms with Crippen LogP contribution in [0.25, 0.3) is 5.57 Å². The second-order valence-corrected chi connectivity index (χ2v) is 6.92. The molecule has 0 radical (unpaired) electrons. The minimum Gasteiger partial charge on any atom is -0.366 e. The van der Waals surface area contributed by atoms with Crippen LogP contribution >= 0.6 is 0 Å². The Balaban J connectivity index is 1.75. The number of nitrogens with two attached hydrogens (primary N) is 1. The highest BCUT2D eigenvalue weighted by molar-refractivity contribution is 5.92. The molecule has 0 bridgehead atoms. The van der Waals surface area contributed by atoms with Gasteiger partial charge in [0.25, 0.3) is 0 Å². The first-order valence-corrected chi connectivity index (χ1v) is 8.50. The molecule has 2 aliphatic heterocycles. The number of hydrogen-bond donors (Lipinski definition) is 2. The van der Waals surface area contributed by atoms with E-state index in [0.717, 1.165) is 42.0 Å². The van der Waals surface area contributed by atoms with Crippen LogP contribution in [0.15, 0.2) is 54.2 Å². The number of quaternary nitrogens is 1. The summed E-state index contributed by atoms with van der Waals surface area (Å²) in [5.41, 5.74) is 11.2. The van der Waals surface area contributed by atoms with Crippen LogP contribution < -0.4 is 10.4 Å². The van der Waals surface area contributed by atoms with Crippen LogP contribution in [0.1, 0.15) is 27.9 Å². The average Bonchev–Trinajstić information content (AvgIpc) is 2.84. The Hall–Kier alpha value is -2.47. The molecule has 3 N–H and O–H groups in total. The first-order chi connectivity index (χ1) is 12.0. The van der Waals surface area contributed by atoms with Crippen molar-refractivity contribution in [1.29, 1.82) is 0 Å². The third-order valence-electron chi connectivity index (χ3n) is 5.23. The summed E-state index contributed by atoms with van der Waals surface area (Å²) in [4.78, 5) is 13.5. The maximum absolute atomic E-state index is 11.6. The molecule has 128 valence electrons. The van der Waals surface area contributed by atoms with Gasteiger partial charge in [-0.25, -0.2) is 5.21 Å². The van der Waals surface area contributed by atoms with Crippen LogP contribution in [0, 0.1) is 0 Å². The maximum Gasteiger partial charge on any atom is 0.248 e. The lowest BCUT2D eigenvalue weighted by Gasteiger charge is -2.31. The van der Waals surface area contributed by atoms with Gasteiger partial charge in [0, 0.05) is 47.8 Å². The molecule has 2 aromatic carbocycles. The Morgan fingerprint density at radius 2 is 1.92 bits per heavy atom. The fourth-order valence-corrected chi connectivity index (χ4v) is 3.95. The molecule has 0 spiro atoms. The lowest BCUT2D eigenvalue weighted by molar-refractivity contribution is -0.0551. The number of hydrogen-bond acceptors (Lipinski definition) is 3. The molecule has 1 atom stereocenters. The van der Waals surface area contributed by atoms with E-state index in [0.29, 0.717) is 12.1 Å². The van der Waals surface area contributed by atoms with Crippen LogP contribution in [-0.2, 0) is 6.54 Å². The zero-order valence-electron chi connectivity index (χ0n) is 14.3. The van der Waals surface area contributed by atoms with E-state index in [-0.39, 0.29) is 4.65 Å². The Kier molecular flexibility index (Phi) is 3.72. The number of hydroxylamine groups is 2. The molecular formula is C20H22N3O2+. The lowest BCUT2D eigenvalue weighted by Crippen LogP contribution is -2.44. The van der Waals surface area contributed by atoms with Crippen molar-refractivity contribution < 1.29 is 10.0 Å². The number of primary amides is 1. The molecule has 0 saturated heterocycles. The quantitative estimate of drug-likeness (QED) is 0.847. The van der Waals surface area contributed by atoms with Crippen LogP contribution in [-0.4, -0.2) is 36.2 Å². The number of fused-ring (bicyclic) bond motifs is 2. The molecule has 1 unspecified atom stereocenters. The summed E-state index contributed by atoms with van der Waals surface area (Å²) >= 11 is 0. The summed E-state index contributed by atoms with van der Waals surface area (Å²) in [6.07, 6.45) is 0.844. The van der Waals surface area contributed by atoms with Crippen molar-refractivity contribution in [2.75, 3.05) is 20.1 Å². The molecule has 0 fully saturated rings. The average molecular weight is 336 g/mol. The van der Waals surface area contributed by atoms with E-state index in [4.69, 9.17) is 5.73 Å². The summed E-state index contributed by atoms with van der Waals surface area (Å²) in [7, 11) is 2.11. The fraction of sp³-hybridized carbons (Fsp3) is 0.250. The van der Waals surface area contributed by atoms with Crippen molar-refractivity contribution in [2.24, 2.45) is 5.73 Å². The van der Waals surface area contributed by atoms with Gasteiger partial charge in [0.05, 0.1) is 0 Å². The first kappa shape index (κ1) is 16.0. The number of nitrogens with zero attached hydrogens (tertiary/aromatic N) is 2. The number of amides is 1. The number of benzene rings is 2. The molecule has 2 heterocycles. The van der Waals surface area contributed by atoms with Crippen molar-refractivity contribution in [3.63, 3.8) is 0 Å². The Morgan fingerprint density at radius 1 is 1.20 bits per heavy atom. The highest BCUT2D eigenvalue weighted by Crippen LogP contribution is 2.47. The molecule has 1 amide bonds. The predicted molar refractivity (Wildman–Crippen MR) is 97.7 cm³/mol. The topological polar surface area (TPSA) is 66.6 Å². The third kappa shape index (κ3) is 2.57. The monoisotopic (exact) mass is 336 g/mol. The molecule has 4 rings (SSSR count). The number of para-hydroxylation sites is 1. The minimum atomic E-state index is -0.439. The van der Waals surface area contributed by atoms with Gasteiger partial charge in [-0.15, -0.1) is 4.65 Å². The molecule has 5 heteroatoms. The van der Waals surface area contributed by atoms with Crippen molar-refractivity contribution in [3.8, 4) is 0 Å².